The summed E-state index contributed by atoms with van der Waals surface area (Å²) in [6.45, 7) is 0. The molecule has 0 spiro atoms. The quantitative estimate of drug-likeness (QED) is 0.738. The highest BCUT2D eigenvalue weighted by Crippen LogP contribution is 2.53. The van der Waals surface area contributed by atoms with Crippen LogP contribution in [-0.2, 0) is 0 Å². The smallest absolute Gasteiger partial charge is 0.0190 e. The van der Waals surface area contributed by atoms with E-state index >= 15 is 0 Å². The van der Waals surface area contributed by atoms with Crippen molar-refractivity contribution in [1.29, 1.82) is 0 Å². The van der Waals surface area contributed by atoms with Gasteiger partial charge in [0.05, 0.1) is 0 Å². The van der Waals surface area contributed by atoms with Crippen molar-refractivity contribution in [2.24, 2.45) is 11.8 Å². The molecule has 0 heterocycles. The minimum Gasteiger partial charge on any atom is -0.122 e. The van der Waals surface area contributed by atoms with Crippen LogP contribution < -0.4 is 0 Å². The number of benzene rings is 1. The average Bonchev–Trinajstić information content (AvgIpc) is 2.27. The van der Waals surface area contributed by atoms with E-state index in [1.54, 1.807) is 0 Å². The maximum absolute atomic E-state index is 6.06. The maximum atomic E-state index is 6.06. The molecule has 3 atom stereocenters. The summed E-state index contributed by atoms with van der Waals surface area (Å²) < 4.78 is 0. The lowest BCUT2D eigenvalue weighted by molar-refractivity contribution is 0.237. The fraction of sp³-hybridized carbons (Fsp3) is 0.385. The fourth-order valence-corrected chi connectivity index (χ4v) is 4.28. The predicted molar refractivity (Wildman–Crippen MR) is 66.2 cm³/mol. The Morgan fingerprint density at radius 2 is 2.00 bits per heavy atom. The molecule has 0 radical (unpaired) electrons. The molecule has 2 bridgehead atoms. The number of fused-ring (bicyclic) bond motifs is 1. The van der Waals surface area contributed by atoms with Gasteiger partial charge in [-0.2, -0.15) is 0 Å². The molecule has 4 rings (SSSR count). The summed E-state index contributed by atoms with van der Waals surface area (Å²) in [5.41, 5.74) is 0. The van der Waals surface area contributed by atoms with Crippen LogP contribution in [0.3, 0.4) is 0 Å². The normalized spacial score (nSPS) is 33.1. The van der Waals surface area contributed by atoms with E-state index in [4.69, 9.17) is 11.6 Å². The Morgan fingerprint density at radius 1 is 1.20 bits per heavy atom. The zero-order valence-corrected chi connectivity index (χ0v) is 9.97. The van der Waals surface area contributed by atoms with Gasteiger partial charge in [0.15, 0.2) is 0 Å². The molecule has 0 nitrogen and oxygen atoms in total. The van der Waals surface area contributed by atoms with Gasteiger partial charge in [-0.15, -0.1) is 11.8 Å². The molecule has 1 saturated carbocycles. The van der Waals surface area contributed by atoms with Crippen molar-refractivity contribution in [3.63, 3.8) is 0 Å². The van der Waals surface area contributed by atoms with Crippen molar-refractivity contribution < 1.29 is 0 Å². The third kappa shape index (κ3) is 1.83. The first-order chi connectivity index (χ1) is 7.33. The van der Waals surface area contributed by atoms with E-state index in [0.717, 1.165) is 28.5 Å². The van der Waals surface area contributed by atoms with Crippen LogP contribution in [0.4, 0.5) is 0 Å². The van der Waals surface area contributed by atoms with E-state index in [-0.39, 0.29) is 0 Å². The molecular formula is C13H13ClS. The molecule has 3 unspecified atom stereocenters. The standard InChI is InChI=1S/C13H13ClS/c14-11-7-9-6-10(8-11)13(9)15-12-4-2-1-3-5-12/h1-5,7,9-10,13H,6,8H2. The summed E-state index contributed by atoms with van der Waals surface area (Å²) in [6, 6.07) is 10.7. The second-order valence-corrected chi connectivity index (χ2v) is 6.11. The van der Waals surface area contributed by atoms with Crippen molar-refractivity contribution in [2.45, 2.75) is 23.0 Å². The summed E-state index contributed by atoms with van der Waals surface area (Å²) in [5, 5.41) is 1.86. The SMILES string of the molecule is ClC1=CC2CC(C1)C2Sc1ccccc1. The van der Waals surface area contributed by atoms with Crippen LogP contribution in [0.2, 0.25) is 0 Å². The molecule has 1 fully saturated rings. The summed E-state index contributed by atoms with van der Waals surface area (Å²) in [6.07, 6.45) is 4.71. The van der Waals surface area contributed by atoms with Gasteiger partial charge in [-0.25, -0.2) is 0 Å². The van der Waals surface area contributed by atoms with Gasteiger partial charge in [0.25, 0.3) is 0 Å². The van der Waals surface area contributed by atoms with Crippen molar-refractivity contribution in [3.05, 3.63) is 41.4 Å². The number of rotatable bonds is 2. The van der Waals surface area contributed by atoms with E-state index in [1.165, 1.54) is 11.3 Å². The van der Waals surface area contributed by atoms with E-state index in [2.05, 4.69) is 36.4 Å². The summed E-state index contributed by atoms with van der Waals surface area (Å²) in [5.74, 6) is 1.54. The van der Waals surface area contributed by atoms with E-state index in [0.29, 0.717) is 0 Å². The molecule has 0 N–H and O–H groups in total. The van der Waals surface area contributed by atoms with Crippen LogP contribution in [0.5, 0.6) is 0 Å². The van der Waals surface area contributed by atoms with Crippen molar-refractivity contribution in [2.75, 3.05) is 0 Å². The number of halogens is 1. The Bertz CT molecular complexity index is 385. The molecule has 1 aromatic rings. The first kappa shape index (κ1) is 9.80. The molecule has 15 heavy (non-hydrogen) atoms. The lowest BCUT2D eigenvalue weighted by Crippen LogP contribution is -2.41. The number of hydrogen-bond acceptors (Lipinski definition) is 1. The summed E-state index contributed by atoms with van der Waals surface area (Å²) in [4.78, 5) is 1.39. The molecule has 3 aliphatic rings. The zero-order valence-electron chi connectivity index (χ0n) is 8.40. The molecule has 78 valence electrons. The fourth-order valence-electron chi connectivity index (χ4n) is 2.52. The minimum absolute atomic E-state index is 0.724. The van der Waals surface area contributed by atoms with Crippen molar-refractivity contribution in [1.82, 2.24) is 0 Å². The Labute approximate surface area is 99.7 Å². The van der Waals surface area contributed by atoms with Crippen LogP contribution >= 0.6 is 23.4 Å². The first-order valence-corrected chi connectivity index (χ1v) is 6.66. The summed E-state index contributed by atoms with van der Waals surface area (Å²) in [7, 11) is 0. The van der Waals surface area contributed by atoms with Crippen LogP contribution in [0, 0.1) is 11.8 Å². The highest BCUT2D eigenvalue weighted by molar-refractivity contribution is 8.00. The predicted octanol–water partition coefficient (Wildman–Crippen LogP) is 4.31. The third-order valence-corrected chi connectivity index (χ3v) is 5.16. The molecule has 0 aliphatic heterocycles. The Hall–Kier alpha value is -0.400. The van der Waals surface area contributed by atoms with Gasteiger partial charge in [-0.1, -0.05) is 35.9 Å². The van der Waals surface area contributed by atoms with Crippen molar-refractivity contribution in [3.8, 4) is 0 Å². The molecular weight excluding hydrogens is 224 g/mol. The highest BCUT2D eigenvalue weighted by atomic mass is 35.5. The van der Waals surface area contributed by atoms with Gasteiger partial charge in [0.1, 0.15) is 0 Å². The van der Waals surface area contributed by atoms with E-state index in [1.807, 2.05) is 11.8 Å². The van der Waals surface area contributed by atoms with E-state index < -0.39 is 0 Å². The van der Waals surface area contributed by atoms with Gasteiger partial charge < -0.3 is 0 Å². The zero-order chi connectivity index (χ0) is 10.3. The largest absolute Gasteiger partial charge is 0.122 e. The Balaban J connectivity index is 1.72. The topological polar surface area (TPSA) is 0 Å². The van der Waals surface area contributed by atoms with Gasteiger partial charge in [0, 0.05) is 15.2 Å². The summed E-state index contributed by atoms with van der Waals surface area (Å²) >= 11 is 8.08. The van der Waals surface area contributed by atoms with Crippen LogP contribution in [0.25, 0.3) is 0 Å². The molecule has 0 aromatic heterocycles. The lowest BCUT2D eigenvalue weighted by Gasteiger charge is -2.46. The van der Waals surface area contributed by atoms with Gasteiger partial charge in [-0.05, 0) is 36.8 Å². The average molecular weight is 237 g/mol. The van der Waals surface area contributed by atoms with E-state index in [9.17, 15) is 0 Å². The number of thioether (sulfide) groups is 1. The number of allylic oxidation sites excluding steroid dienone is 2. The van der Waals surface area contributed by atoms with Gasteiger partial charge >= 0.3 is 0 Å². The second kappa shape index (κ2) is 3.88. The lowest BCUT2D eigenvalue weighted by atomic mass is 9.68. The van der Waals surface area contributed by atoms with Crippen LogP contribution in [-0.4, -0.2) is 5.25 Å². The van der Waals surface area contributed by atoms with Crippen LogP contribution in [0.1, 0.15) is 12.8 Å². The second-order valence-electron chi connectivity index (χ2n) is 4.37. The Kier molecular flexibility index (Phi) is 2.53. The number of hydrogen-bond donors (Lipinski definition) is 0. The van der Waals surface area contributed by atoms with Gasteiger partial charge in [-0.3, -0.25) is 0 Å². The minimum atomic E-state index is 0.724. The Morgan fingerprint density at radius 3 is 2.67 bits per heavy atom. The highest BCUT2D eigenvalue weighted by Gasteiger charge is 2.43. The van der Waals surface area contributed by atoms with Crippen molar-refractivity contribution >= 4 is 23.4 Å². The third-order valence-electron chi connectivity index (χ3n) is 3.33. The van der Waals surface area contributed by atoms with Crippen LogP contribution in [0.15, 0.2) is 46.3 Å². The molecule has 0 saturated heterocycles. The molecule has 1 aromatic carbocycles. The molecule has 0 amide bonds. The van der Waals surface area contributed by atoms with Gasteiger partial charge in [0.2, 0.25) is 0 Å². The monoisotopic (exact) mass is 236 g/mol. The first-order valence-electron chi connectivity index (χ1n) is 5.41. The maximum Gasteiger partial charge on any atom is 0.0190 e. The molecule has 2 heteroatoms. The molecule has 3 aliphatic carbocycles.